The van der Waals surface area contributed by atoms with Crippen molar-refractivity contribution in [2.24, 2.45) is 7.05 Å². The van der Waals surface area contributed by atoms with Crippen LogP contribution in [-0.2, 0) is 13.6 Å². The molecule has 4 aromatic rings. The summed E-state index contributed by atoms with van der Waals surface area (Å²) in [6.07, 6.45) is 1.48. The normalized spacial score (nSPS) is 11.0. The summed E-state index contributed by atoms with van der Waals surface area (Å²) in [5, 5.41) is 2.63. The van der Waals surface area contributed by atoms with Crippen LogP contribution in [0.25, 0.3) is 11.0 Å². The van der Waals surface area contributed by atoms with E-state index in [4.69, 9.17) is 0 Å². The molecule has 2 heterocycles. The number of fused-ring (bicyclic) bond motifs is 1. The molecule has 7 nitrogen and oxygen atoms in total. The minimum atomic E-state index is -0.603. The van der Waals surface area contributed by atoms with Crippen LogP contribution in [0.3, 0.4) is 0 Å². The van der Waals surface area contributed by atoms with Gasteiger partial charge in [0.2, 0.25) is 0 Å². The molecule has 0 aliphatic rings. The summed E-state index contributed by atoms with van der Waals surface area (Å²) < 4.78 is 15.7. The first-order valence-electron chi connectivity index (χ1n) is 8.87. The fourth-order valence-electron chi connectivity index (χ4n) is 3.22. The molecule has 0 fully saturated rings. The standard InChI is InChI=1S/C21H17FN4O3/c1-25-12-16(19(27)23-15-9-7-14(22)8-10-15)17-18(25)20(28)26(21(29)24-17)11-13-5-3-2-4-6-13/h2-10,12H,11H2,1H3,(H,23,27)(H,24,29). The summed E-state index contributed by atoms with van der Waals surface area (Å²) >= 11 is 0. The number of aromatic amines is 1. The molecular formula is C21H17FN4O3. The number of anilines is 1. The second kappa shape index (κ2) is 7.23. The zero-order valence-corrected chi connectivity index (χ0v) is 15.5. The van der Waals surface area contributed by atoms with Crippen molar-refractivity contribution in [3.05, 3.63) is 98.6 Å². The van der Waals surface area contributed by atoms with Crippen LogP contribution in [0.4, 0.5) is 10.1 Å². The highest BCUT2D eigenvalue weighted by molar-refractivity contribution is 6.11. The van der Waals surface area contributed by atoms with Crippen LogP contribution in [-0.4, -0.2) is 20.0 Å². The van der Waals surface area contributed by atoms with E-state index >= 15 is 0 Å². The third-order valence-corrected chi connectivity index (χ3v) is 4.64. The Hall–Kier alpha value is -3.94. The number of carbonyl (C=O) groups is 1. The van der Waals surface area contributed by atoms with Crippen molar-refractivity contribution in [1.29, 1.82) is 0 Å². The Balaban J connectivity index is 1.76. The van der Waals surface area contributed by atoms with Gasteiger partial charge >= 0.3 is 5.69 Å². The number of nitrogens with one attached hydrogen (secondary N) is 2. The van der Waals surface area contributed by atoms with Crippen LogP contribution >= 0.6 is 0 Å². The quantitative estimate of drug-likeness (QED) is 0.559. The topological polar surface area (TPSA) is 88.9 Å². The van der Waals surface area contributed by atoms with Gasteiger partial charge in [-0.1, -0.05) is 30.3 Å². The zero-order chi connectivity index (χ0) is 20.5. The summed E-state index contributed by atoms with van der Waals surface area (Å²) in [5.74, 6) is -0.936. The average Bonchev–Trinajstić information content (AvgIpc) is 3.04. The summed E-state index contributed by atoms with van der Waals surface area (Å²) in [4.78, 5) is 40.8. The number of nitrogens with zero attached hydrogens (tertiary/aromatic N) is 2. The molecule has 29 heavy (non-hydrogen) atoms. The number of amides is 1. The van der Waals surface area contributed by atoms with Gasteiger partial charge in [-0.2, -0.15) is 0 Å². The Morgan fingerprint density at radius 3 is 2.45 bits per heavy atom. The molecule has 0 unspecified atom stereocenters. The molecular weight excluding hydrogens is 375 g/mol. The van der Waals surface area contributed by atoms with Gasteiger partial charge in [0.05, 0.1) is 17.6 Å². The number of aryl methyl sites for hydroxylation is 1. The molecule has 2 aromatic heterocycles. The fourth-order valence-corrected chi connectivity index (χ4v) is 3.22. The second-order valence-corrected chi connectivity index (χ2v) is 6.65. The lowest BCUT2D eigenvalue weighted by Crippen LogP contribution is -2.36. The van der Waals surface area contributed by atoms with Gasteiger partial charge in [-0.05, 0) is 29.8 Å². The number of H-pyrrole nitrogens is 1. The third kappa shape index (κ3) is 3.47. The Morgan fingerprint density at radius 2 is 1.76 bits per heavy atom. The molecule has 2 aromatic carbocycles. The van der Waals surface area contributed by atoms with E-state index < -0.39 is 23.0 Å². The highest BCUT2D eigenvalue weighted by Crippen LogP contribution is 2.17. The first-order valence-corrected chi connectivity index (χ1v) is 8.87. The number of benzene rings is 2. The SMILES string of the molecule is Cn1cc(C(=O)Nc2ccc(F)cc2)c2[nH]c(=O)n(Cc3ccccc3)c(=O)c21. The summed E-state index contributed by atoms with van der Waals surface area (Å²) in [5.41, 5.74) is 0.629. The molecule has 0 spiro atoms. The third-order valence-electron chi connectivity index (χ3n) is 4.64. The van der Waals surface area contributed by atoms with E-state index in [1.807, 2.05) is 30.3 Å². The van der Waals surface area contributed by atoms with E-state index in [1.54, 1.807) is 7.05 Å². The fraction of sp³-hybridized carbons (Fsp3) is 0.0952. The first-order chi connectivity index (χ1) is 13.9. The van der Waals surface area contributed by atoms with Crippen molar-refractivity contribution >= 4 is 22.6 Å². The molecule has 2 N–H and O–H groups in total. The lowest BCUT2D eigenvalue weighted by molar-refractivity contribution is 0.102. The van der Waals surface area contributed by atoms with E-state index in [0.717, 1.165) is 10.1 Å². The number of aromatic nitrogens is 3. The van der Waals surface area contributed by atoms with Gasteiger partial charge in [0, 0.05) is 18.9 Å². The number of hydrogen-bond acceptors (Lipinski definition) is 3. The lowest BCUT2D eigenvalue weighted by atomic mass is 10.2. The molecule has 0 radical (unpaired) electrons. The van der Waals surface area contributed by atoms with Crippen LogP contribution in [0.15, 0.2) is 70.4 Å². The van der Waals surface area contributed by atoms with Crippen LogP contribution in [0.2, 0.25) is 0 Å². The van der Waals surface area contributed by atoms with E-state index in [0.29, 0.717) is 5.69 Å². The van der Waals surface area contributed by atoms with Gasteiger partial charge in [-0.3, -0.25) is 14.2 Å². The van der Waals surface area contributed by atoms with Gasteiger partial charge in [0.1, 0.15) is 11.3 Å². The molecule has 4 rings (SSSR count). The van der Waals surface area contributed by atoms with Gasteiger partial charge in [-0.15, -0.1) is 0 Å². The summed E-state index contributed by atoms with van der Waals surface area (Å²) in [6, 6.07) is 14.4. The van der Waals surface area contributed by atoms with Gasteiger partial charge < -0.3 is 14.9 Å². The number of hydrogen-bond donors (Lipinski definition) is 2. The predicted molar refractivity (Wildman–Crippen MR) is 108 cm³/mol. The van der Waals surface area contributed by atoms with Gasteiger partial charge in [0.15, 0.2) is 0 Å². The van der Waals surface area contributed by atoms with E-state index in [1.165, 1.54) is 35.0 Å². The van der Waals surface area contributed by atoms with Gasteiger partial charge in [0.25, 0.3) is 11.5 Å². The molecule has 1 amide bonds. The number of rotatable bonds is 4. The lowest BCUT2D eigenvalue weighted by Gasteiger charge is -2.07. The van der Waals surface area contributed by atoms with E-state index in [-0.39, 0.29) is 23.1 Å². The molecule has 8 heteroatoms. The monoisotopic (exact) mass is 392 g/mol. The Bertz CT molecular complexity index is 1320. The van der Waals surface area contributed by atoms with Crippen LogP contribution in [0.5, 0.6) is 0 Å². The molecule has 0 aliphatic carbocycles. The molecule has 0 saturated carbocycles. The maximum Gasteiger partial charge on any atom is 0.329 e. The second-order valence-electron chi connectivity index (χ2n) is 6.65. The molecule has 0 aliphatic heterocycles. The molecule has 0 bridgehead atoms. The average molecular weight is 392 g/mol. The molecule has 146 valence electrons. The Morgan fingerprint density at radius 1 is 1.07 bits per heavy atom. The number of halogens is 1. The van der Waals surface area contributed by atoms with Crippen LogP contribution < -0.4 is 16.6 Å². The van der Waals surface area contributed by atoms with E-state index in [9.17, 15) is 18.8 Å². The summed E-state index contributed by atoms with van der Waals surface area (Å²) in [6.45, 7) is 0.118. The maximum atomic E-state index is 13.0. The number of carbonyl (C=O) groups excluding carboxylic acids is 1. The summed E-state index contributed by atoms with van der Waals surface area (Å²) in [7, 11) is 1.63. The van der Waals surface area contributed by atoms with Crippen molar-refractivity contribution in [2.75, 3.05) is 5.32 Å². The minimum absolute atomic E-state index is 0.118. The maximum absolute atomic E-state index is 13.0. The van der Waals surface area contributed by atoms with Crippen molar-refractivity contribution in [3.63, 3.8) is 0 Å². The van der Waals surface area contributed by atoms with E-state index in [2.05, 4.69) is 10.3 Å². The van der Waals surface area contributed by atoms with Crippen molar-refractivity contribution in [2.45, 2.75) is 6.54 Å². The van der Waals surface area contributed by atoms with Crippen molar-refractivity contribution in [1.82, 2.24) is 14.1 Å². The van der Waals surface area contributed by atoms with Gasteiger partial charge in [-0.25, -0.2) is 9.18 Å². The largest absolute Gasteiger partial charge is 0.344 e. The minimum Gasteiger partial charge on any atom is -0.344 e. The Labute approximate surface area is 164 Å². The smallest absolute Gasteiger partial charge is 0.329 e. The highest BCUT2D eigenvalue weighted by atomic mass is 19.1. The van der Waals surface area contributed by atoms with Crippen molar-refractivity contribution < 1.29 is 9.18 Å². The first kappa shape index (κ1) is 18.4. The van der Waals surface area contributed by atoms with Crippen molar-refractivity contribution in [3.8, 4) is 0 Å². The zero-order valence-electron chi connectivity index (χ0n) is 15.5. The van der Waals surface area contributed by atoms with Crippen LogP contribution in [0.1, 0.15) is 15.9 Å². The predicted octanol–water partition coefficient (Wildman–Crippen LogP) is 2.47. The highest BCUT2D eigenvalue weighted by Gasteiger charge is 2.19. The molecule has 0 atom stereocenters. The van der Waals surface area contributed by atoms with Crippen LogP contribution in [0, 0.1) is 5.82 Å². The Kier molecular flexibility index (Phi) is 4.59. The molecule has 0 saturated heterocycles.